The van der Waals surface area contributed by atoms with Crippen LogP contribution in [0.4, 0.5) is 0 Å². The number of hydrogen-bond acceptors (Lipinski definition) is 7. The van der Waals surface area contributed by atoms with Crippen LogP contribution in [-0.4, -0.2) is 64.0 Å². The second-order valence-corrected chi connectivity index (χ2v) is 5.62. The fourth-order valence-electron chi connectivity index (χ4n) is 2.35. The zero-order valence-corrected chi connectivity index (χ0v) is 13.3. The lowest BCUT2D eigenvalue weighted by atomic mass is 10.1. The number of nitrogens with one attached hydrogen (secondary N) is 1. The molecule has 0 aliphatic rings. The number of aromatic amines is 1. The largest absolute Gasteiger partial charge is 0.394 e. The Labute approximate surface area is 143 Å². The minimum atomic E-state index is -1.54. The van der Waals surface area contributed by atoms with Crippen LogP contribution in [-0.2, 0) is 6.54 Å². The maximum atomic E-state index is 10.0. The van der Waals surface area contributed by atoms with E-state index in [2.05, 4.69) is 20.1 Å². The third kappa shape index (κ3) is 3.91. The summed E-state index contributed by atoms with van der Waals surface area (Å²) in [6, 6.07) is 9.79. The SMILES string of the molecule is OC[C@@H](O)[C@@H](O)[C@H](O)c1cnc(-c2ncn(Cc3ccccc3)n2)[nH]1. The molecule has 132 valence electrons. The molecule has 0 aliphatic heterocycles. The minimum absolute atomic E-state index is 0.189. The number of aliphatic hydroxyl groups is 4. The Balaban J connectivity index is 1.72. The van der Waals surface area contributed by atoms with Crippen molar-refractivity contribution in [2.45, 2.75) is 24.9 Å². The van der Waals surface area contributed by atoms with Crippen LogP contribution in [0.5, 0.6) is 0 Å². The van der Waals surface area contributed by atoms with Gasteiger partial charge in [-0.2, -0.15) is 0 Å². The number of nitrogens with zero attached hydrogens (tertiary/aromatic N) is 4. The maximum absolute atomic E-state index is 10.0. The number of benzene rings is 1. The number of rotatable bonds is 7. The fourth-order valence-corrected chi connectivity index (χ4v) is 2.35. The van der Waals surface area contributed by atoms with Crippen molar-refractivity contribution < 1.29 is 20.4 Å². The molecule has 0 fully saturated rings. The van der Waals surface area contributed by atoms with E-state index in [-0.39, 0.29) is 5.69 Å². The van der Waals surface area contributed by atoms with E-state index in [4.69, 9.17) is 5.11 Å². The molecule has 3 rings (SSSR count). The fraction of sp³-hybridized carbons (Fsp3) is 0.312. The molecule has 9 nitrogen and oxygen atoms in total. The first-order chi connectivity index (χ1) is 12.1. The maximum Gasteiger partial charge on any atom is 0.216 e. The highest BCUT2D eigenvalue weighted by Gasteiger charge is 2.27. The van der Waals surface area contributed by atoms with Crippen molar-refractivity contribution in [3.8, 4) is 11.6 Å². The van der Waals surface area contributed by atoms with E-state index in [0.29, 0.717) is 18.2 Å². The minimum Gasteiger partial charge on any atom is -0.394 e. The molecular formula is C16H19N5O4. The first kappa shape index (κ1) is 17.2. The number of H-pyrrole nitrogens is 1. The van der Waals surface area contributed by atoms with E-state index >= 15 is 0 Å². The summed E-state index contributed by atoms with van der Waals surface area (Å²) in [5.74, 6) is 0.665. The average molecular weight is 345 g/mol. The summed E-state index contributed by atoms with van der Waals surface area (Å²) in [4.78, 5) is 11.1. The zero-order valence-electron chi connectivity index (χ0n) is 13.3. The second kappa shape index (κ2) is 7.53. The molecule has 0 unspecified atom stereocenters. The van der Waals surface area contributed by atoms with E-state index in [0.717, 1.165) is 5.56 Å². The van der Waals surface area contributed by atoms with Crippen molar-refractivity contribution in [1.29, 1.82) is 0 Å². The molecule has 9 heteroatoms. The van der Waals surface area contributed by atoms with Gasteiger partial charge in [0.05, 0.1) is 25.0 Å². The Morgan fingerprint density at radius 1 is 1.08 bits per heavy atom. The summed E-state index contributed by atoms with van der Waals surface area (Å²) in [5.41, 5.74) is 1.27. The molecule has 0 saturated heterocycles. The second-order valence-electron chi connectivity index (χ2n) is 5.62. The van der Waals surface area contributed by atoms with E-state index in [1.165, 1.54) is 6.20 Å². The van der Waals surface area contributed by atoms with E-state index in [9.17, 15) is 15.3 Å². The Hall–Kier alpha value is -2.59. The van der Waals surface area contributed by atoms with Crippen LogP contribution in [0, 0.1) is 0 Å². The third-order valence-corrected chi connectivity index (χ3v) is 3.75. The summed E-state index contributed by atoms with van der Waals surface area (Å²) in [7, 11) is 0. The molecule has 2 heterocycles. The van der Waals surface area contributed by atoms with Gasteiger partial charge in [0.15, 0.2) is 5.82 Å². The highest BCUT2D eigenvalue weighted by Crippen LogP contribution is 2.20. The molecule has 3 atom stereocenters. The van der Waals surface area contributed by atoms with Crippen molar-refractivity contribution in [2.75, 3.05) is 6.61 Å². The molecule has 0 saturated carbocycles. The highest BCUT2D eigenvalue weighted by molar-refractivity contribution is 5.42. The first-order valence-electron chi connectivity index (χ1n) is 7.72. The van der Waals surface area contributed by atoms with Crippen LogP contribution in [0.15, 0.2) is 42.9 Å². The van der Waals surface area contributed by atoms with Crippen molar-refractivity contribution in [3.63, 3.8) is 0 Å². The van der Waals surface area contributed by atoms with Crippen LogP contribution in [0.25, 0.3) is 11.6 Å². The zero-order chi connectivity index (χ0) is 17.8. The van der Waals surface area contributed by atoms with Crippen LogP contribution in [0.1, 0.15) is 17.4 Å². The van der Waals surface area contributed by atoms with Crippen molar-refractivity contribution in [3.05, 3.63) is 54.1 Å². The van der Waals surface area contributed by atoms with Gasteiger partial charge in [-0.25, -0.2) is 14.6 Å². The molecule has 0 radical (unpaired) electrons. The number of aromatic nitrogens is 5. The molecule has 0 aliphatic carbocycles. The highest BCUT2D eigenvalue weighted by atomic mass is 16.4. The molecule has 0 spiro atoms. The molecule has 0 amide bonds. The van der Waals surface area contributed by atoms with Gasteiger partial charge in [0.1, 0.15) is 24.6 Å². The molecule has 25 heavy (non-hydrogen) atoms. The first-order valence-corrected chi connectivity index (χ1v) is 7.72. The molecule has 2 aromatic heterocycles. The van der Waals surface area contributed by atoms with E-state index in [1.54, 1.807) is 11.0 Å². The number of imidazole rings is 1. The molecule has 5 N–H and O–H groups in total. The van der Waals surface area contributed by atoms with Crippen LogP contribution in [0.3, 0.4) is 0 Å². The Morgan fingerprint density at radius 2 is 1.84 bits per heavy atom. The topological polar surface area (TPSA) is 140 Å². The Kier molecular flexibility index (Phi) is 5.19. The summed E-state index contributed by atoms with van der Waals surface area (Å²) >= 11 is 0. The van der Waals surface area contributed by atoms with Gasteiger partial charge in [-0.05, 0) is 5.56 Å². The summed E-state index contributed by atoms with van der Waals surface area (Å²) < 4.78 is 1.66. The van der Waals surface area contributed by atoms with Gasteiger partial charge < -0.3 is 25.4 Å². The van der Waals surface area contributed by atoms with Gasteiger partial charge in [0.25, 0.3) is 0 Å². The van der Waals surface area contributed by atoms with Gasteiger partial charge in [0, 0.05) is 0 Å². The average Bonchev–Trinajstić information content (AvgIpc) is 3.30. The van der Waals surface area contributed by atoms with Crippen molar-refractivity contribution >= 4 is 0 Å². The van der Waals surface area contributed by atoms with Crippen LogP contribution in [0.2, 0.25) is 0 Å². The standard InChI is InChI=1S/C16H19N5O4/c22-8-12(23)14(25)13(24)11-6-17-15(19-11)16-18-9-21(20-16)7-10-4-2-1-3-5-10/h1-6,9,12-14,22-25H,7-8H2,(H,17,19)/t12-,13-,14-/m1/s1. The van der Waals surface area contributed by atoms with Crippen molar-refractivity contribution in [1.82, 2.24) is 24.7 Å². The number of aliphatic hydroxyl groups excluding tert-OH is 4. The van der Waals surface area contributed by atoms with Crippen LogP contribution < -0.4 is 0 Å². The summed E-state index contributed by atoms with van der Waals surface area (Å²) in [5, 5.41) is 42.3. The normalized spacial score (nSPS) is 15.0. The monoisotopic (exact) mass is 345 g/mol. The molecular weight excluding hydrogens is 326 g/mol. The number of hydrogen-bond donors (Lipinski definition) is 5. The Morgan fingerprint density at radius 3 is 2.56 bits per heavy atom. The lowest BCUT2D eigenvalue weighted by Crippen LogP contribution is -2.34. The van der Waals surface area contributed by atoms with Gasteiger partial charge in [-0.3, -0.25) is 0 Å². The van der Waals surface area contributed by atoms with Crippen LogP contribution >= 0.6 is 0 Å². The molecule has 1 aromatic carbocycles. The van der Waals surface area contributed by atoms with E-state index < -0.39 is 24.9 Å². The van der Waals surface area contributed by atoms with E-state index in [1.807, 2.05) is 30.3 Å². The van der Waals surface area contributed by atoms with Gasteiger partial charge in [-0.1, -0.05) is 30.3 Å². The smallest absolute Gasteiger partial charge is 0.216 e. The van der Waals surface area contributed by atoms with Crippen molar-refractivity contribution in [2.24, 2.45) is 0 Å². The summed E-state index contributed by atoms with van der Waals surface area (Å²) in [6.45, 7) is -0.101. The lowest BCUT2D eigenvalue weighted by Gasteiger charge is -2.20. The van der Waals surface area contributed by atoms with Gasteiger partial charge in [-0.15, -0.1) is 5.10 Å². The lowest BCUT2D eigenvalue weighted by molar-refractivity contribution is -0.0788. The van der Waals surface area contributed by atoms with Gasteiger partial charge in [0.2, 0.25) is 5.82 Å². The predicted molar refractivity (Wildman–Crippen MR) is 87.2 cm³/mol. The van der Waals surface area contributed by atoms with Gasteiger partial charge >= 0.3 is 0 Å². The molecule has 0 bridgehead atoms. The molecule has 3 aromatic rings. The Bertz CT molecular complexity index is 804. The quantitative estimate of drug-likeness (QED) is 0.387. The third-order valence-electron chi connectivity index (χ3n) is 3.75. The predicted octanol–water partition coefficient (Wildman–Crippen LogP) is -0.536. The summed E-state index contributed by atoms with van der Waals surface area (Å²) in [6.07, 6.45) is -1.52.